The largest absolute Gasteiger partial charge is 0.461 e. The third-order valence-electron chi connectivity index (χ3n) is 5.88. The van der Waals surface area contributed by atoms with Gasteiger partial charge in [0.2, 0.25) is 15.9 Å². The number of carbonyl (C=O) groups excluding carboxylic acids is 1. The summed E-state index contributed by atoms with van der Waals surface area (Å²) in [4.78, 5) is 14.6. The molecular formula is C25H31FN2O4S2. The van der Waals surface area contributed by atoms with Gasteiger partial charge in [0.1, 0.15) is 4.90 Å². The predicted molar refractivity (Wildman–Crippen MR) is 136 cm³/mol. The molecular weight excluding hydrogens is 475 g/mol. The lowest BCUT2D eigenvalue weighted by Gasteiger charge is -2.29. The maximum absolute atomic E-state index is 14.5. The number of halogens is 1. The number of hydrogen-bond donors (Lipinski definition) is 0. The molecule has 184 valence electrons. The van der Waals surface area contributed by atoms with Crippen LogP contribution in [0.5, 0.6) is 0 Å². The molecule has 1 aliphatic rings. The van der Waals surface area contributed by atoms with Crippen LogP contribution in [0.4, 0.5) is 15.8 Å². The van der Waals surface area contributed by atoms with Crippen molar-refractivity contribution in [1.29, 1.82) is 0 Å². The maximum Gasteiger partial charge on any atom is 0.367 e. The number of carbonyl (C=O) groups is 1. The smallest absolute Gasteiger partial charge is 0.367 e. The zero-order chi connectivity index (χ0) is 24.9. The van der Waals surface area contributed by atoms with Crippen LogP contribution in [-0.4, -0.2) is 51.2 Å². The fourth-order valence-electron chi connectivity index (χ4n) is 4.01. The third kappa shape index (κ3) is 5.47. The Hall–Kier alpha value is -2.36. The summed E-state index contributed by atoms with van der Waals surface area (Å²) >= 11 is 1.36. The minimum atomic E-state index is -3.88. The molecule has 3 rings (SSSR count). The predicted octanol–water partition coefficient (Wildman–Crippen LogP) is 5.61. The fraction of sp³-hybridized carbons (Fsp3) is 0.400. The molecule has 1 atom stereocenters. The molecule has 1 aliphatic heterocycles. The summed E-state index contributed by atoms with van der Waals surface area (Å²) in [6.07, 6.45) is 5.46. The molecule has 6 nitrogen and oxygen atoms in total. The molecule has 34 heavy (non-hydrogen) atoms. The Balaban J connectivity index is 2.24. The Morgan fingerprint density at radius 3 is 2.56 bits per heavy atom. The van der Waals surface area contributed by atoms with Gasteiger partial charge in [0.15, 0.2) is 0 Å². The minimum Gasteiger partial charge on any atom is -0.461 e. The highest BCUT2D eigenvalue weighted by atomic mass is 32.2. The monoisotopic (exact) mass is 506 g/mol. The first kappa shape index (κ1) is 26.2. The van der Waals surface area contributed by atoms with Crippen LogP contribution in [0.1, 0.15) is 38.7 Å². The van der Waals surface area contributed by atoms with Gasteiger partial charge >= 0.3 is 5.97 Å². The Bertz CT molecular complexity index is 1150. The number of likely N-dealkylation sites (N-methyl/N-ethyl adjacent to an activating group) is 1. The van der Waals surface area contributed by atoms with E-state index in [1.807, 2.05) is 41.5 Å². The van der Waals surface area contributed by atoms with E-state index < -0.39 is 21.8 Å². The Morgan fingerprint density at radius 1 is 1.24 bits per heavy atom. The van der Waals surface area contributed by atoms with E-state index in [1.165, 1.54) is 22.1 Å². The van der Waals surface area contributed by atoms with Crippen molar-refractivity contribution in [3.8, 4) is 0 Å². The van der Waals surface area contributed by atoms with Crippen LogP contribution < -0.4 is 4.90 Å². The first-order chi connectivity index (χ1) is 16.2. The van der Waals surface area contributed by atoms with Crippen molar-refractivity contribution in [2.45, 2.75) is 48.9 Å². The van der Waals surface area contributed by atoms with Gasteiger partial charge in [-0.15, -0.1) is 11.8 Å². The average molecular weight is 507 g/mol. The van der Waals surface area contributed by atoms with Gasteiger partial charge in [-0.3, -0.25) is 0 Å². The van der Waals surface area contributed by atoms with Crippen LogP contribution in [0.25, 0.3) is 6.08 Å². The number of rotatable bonds is 8. The lowest BCUT2D eigenvalue weighted by molar-refractivity contribution is -0.140. The van der Waals surface area contributed by atoms with Crippen LogP contribution in [-0.2, 0) is 19.6 Å². The van der Waals surface area contributed by atoms with Gasteiger partial charge in [0, 0.05) is 30.2 Å². The normalized spacial score (nSPS) is 18.3. The fourth-order valence-corrected chi connectivity index (χ4v) is 6.18. The van der Waals surface area contributed by atoms with Gasteiger partial charge in [-0.05, 0) is 55.5 Å². The van der Waals surface area contributed by atoms with Crippen LogP contribution in [0, 0.1) is 0 Å². The van der Waals surface area contributed by atoms with Crippen molar-refractivity contribution in [2.24, 2.45) is 0 Å². The van der Waals surface area contributed by atoms with Crippen molar-refractivity contribution in [3.63, 3.8) is 0 Å². The maximum atomic E-state index is 14.5. The number of benzene rings is 2. The Labute approximate surface area is 205 Å². The number of esters is 1. The van der Waals surface area contributed by atoms with Crippen LogP contribution in [0.15, 0.2) is 58.1 Å². The van der Waals surface area contributed by atoms with Gasteiger partial charge < -0.3 is 9.64 Å². The second-order valence-electron chi connectivity index (χ2n) is 8.04. The minimum absolute atomic E-state index is 0.0457. The number of anilines is 2. The average Bonchev–Trinajstić information content (AvgIpc) is 2.91. The summed E-state index contributed by atoms with van der Waals surface area (Å²) in [5, 5.41) is 0. The second-order valence-corrected chi connectivity index (χ2v) is 10.9. The summed E-state index contributed by atoms with van der Waals surface area (Å²) in [7, 11) is -2.27. The summed E-state index contributed by atoms with van der Waals surface area (Å²) in [5.41, 5.74) is 1.73. The van der Waals surface area contributed by atoms with E-state index in [1.54, 1.807) is 20.0 Å². The van der Waals surface area contributed by atoms with Gasteiger partial charge in [0.05, 0.1) is 12.3 Å². The molecule has 0 amide bonds. The van der Waals surface area contributed by atoms with Gasteiger partial charge in [-0.2, -0.15) is 8.70 Å². The van der Waals surface area contributed by atoms with Crippen molar-refractivity contribution in [1.82, 2.24) is 4.31 Å². The summed E-state index contributed by atoms with van der Waals surface area (Å²) < 4.78 is 48.2. The summed E-state index contributed by atoms with van der Waals surface area (Å²) in [6.45, 7) is 4.21. The quantitative estimate of drug-likeness (QED) is 0.263. The highest BCUT2D eigenvalue weighted by Gasteiger charge is 2.37. The van der Waals surface area contributed by atoms with Gasteiger partial charge in [-0.25, -0.2) is 13.2 Å². The Kier molecular flexibility index (Phi) is 8.78. The zero-order valence-electron chi connectivity index (χ0n) is 20.0. The SMILES string of the molecule is CCCCC1CN(c2ccccc2)c2cc(SC)c(C=C(F)C(=O)OCC)cc2S(=O)(=O)N1C. The number of ether oxygens (including phenoxy) is 1. The number of unbranched alkanes of at least 4 members (excludes halogenated alkanes) is 1. The first-order valence-corrected chi connectivity index (χ1v) is 14.0. The molecule has 2 aromatic rings. The Morgan fingerprint density at radius 2 is 1.94 bits per heavy atom. The van der Waals surface area contributed by atoms with E-state index >= 15 is 0 Å². The molecule has 0 aromatic heterocycles. The van der Waals surface area contributed by atoms with Crippen molar-refractivity contribution >= 4 is 45.2 Å². The molecule has 0 N–H and O–H groups in total. The molecule has 0 bridgehead atoms. The molecule has 1 unspecified atom stereocenters. The molecule has 2 aromatic carbocycles. The third-order valence-corrected chi connectivity index (χ3v) is 8.61. The van der Waals surface area contributed by atoms with Crippen LogP contribution in [0.3, 0.4) is 0 Å². The summed E-state index contributed by atoms with van der Waals surface area (Å²) in [5.74, 6) is -2.15. The summed E-state index contributed by atoms with van der Waals surface area (Å²) in [6, 6.07) is 12.6. The molecule has 0 saturated carbocycles. The first-order valence-electron chi connectivity index (χ1n) is 11.3. The van der Waals surface area contributed by atoms with Crippen molar-refractivity contribution < 1.29 is 22.3 Å². The van der Waals surface area contributed by atoms with Crippen molar-refractivity contribution in [2.75, 3.05) is 31.4 Å². The van der Waals surface area contributed by atoms with E-state index in [4.69, 9.17) is 4.74 Å². The molecule has 0 radical (unpaired) electrons. The van der Waals surface area contributed by atoms with E-state index in [0.29, 0.717) is 22.7 Å². The van der Waals surface area contributed by atoms with E-state index in [0.717, 1.165) is 31.0 Å². The van der Waals surface area contributed by atoms with E-state index in [9.17, 15) is 17.6 Å². The van der Waals surface area contributed by atoms with E-state index in [-0.39, 0.29) is 17.5 Å². The lowest BCUT2D eigenvalue weighted by atomic mass is 10.1. The number of hydrogen-bond acceptors (Lipinski definition) is 6. The number of fused-ring (bicyclic) bond motifs is 1. The lowest BCUT2D eigenvalue weighted by Crippen LogP contribution is -2.40. The number of nitrogens with zero attached hydrogens (tertiary/aromatic N) is 2. The van der Waals surface area contributed by atoms with Crippen LogP contribution in [0.2, 0.25) is 0 Å². The topological polar surface area (TPSA) is 66.9 Å². The number of sulfonamides is 1. The highest BCUT2D eigenvalue weighted by molar-refractivity contribution is 7.98. The van der Waals surface area contributed by atoms with Crippen LogP contribution >= 0.6 is 11.8 Å². The number of thioether (sulfide) groups is 1. The zero-order valence-corrected chi connectivity index (χ0v) is 21.6. The molecule has 0 saturated heterocycles. The van der Waals surface area contributed by atoms with Crippen molar-refractivity contribution in [3.05, 3.63) is 53.9 Å². The molecule has 9 heteroatoms. The highest BCUT2D eigenvalue weighted by Crippen LogP contribution is 2.41. The molecule has 0 spiro atoms. The van der Waals surface area contributed by atoms with Gasteiger partial charge in [-0.1, -0.05) is 38.0 Å². The standard InChI is InChI=1S/C25H31FN2O4S2/c1-5-7-11-20-17-28(19-12-9-8-10-13-19)22-16-23(33-4)18(14-21(26)25(29)32-6-2)15-24(22)34(30,31)27(20)3/h8-10,12-16,20H,5-7,11,17H2,1-4H3. The molecule has 0 fully saturated rings. The van der Waals surface area contributed by atoms with Gasteiger partial charge in [0.25, 0.3) is 0 Å². The van der Waals surface area contributed by atoms with E-state index in [2.05, 4.69) is 6.92 Å². The molecule has 0 aliphatic carbocycles. The molecule has 1 heterocycles. The second kappa shape index (κ2) is 11.4. The number of para-hydroxylation sites is 1.